The zero-order chi connectivity index (χ0) is 9.90. The molecule has 0 bridgehead atoms. The average molecular weight is 184 g/mol. The fraction of sp³-hybridized carbons (Fsp3) is 0.909. The Bertz CT molecular complexity index is 179. The SMILES string of the molecule is CCC(C)(C)C(=O)C1CCCCO1. The molecule has 0 aliphatic carbocycles. The maximum Gasteiger partial charge on any atom is 0.167 e. The van der Waals surface area contributed by atoms with E-state index in [1.54, 1.807) is 0 Å². The van der Waals surface area contributed by atoms with E-state index in [9.17, 15) is 4.79 Å². The van der Waals surface area contributed by atoms with Gasteiger partial charge in [0.1, 0.15) is 6.10 Å². The van der Waals surface area contributed by atoms with Crippen LogP contribution in [0.15, 0.2) is 0 Å². The first-order valence-corrected chi connectivity index (χ1v) is 5.24. The number of hydrogen-bond acceptors (Lipinski definition) is 2. The lowest BCUT2D eigenvalue weighted by atomic mass is 9.81. The van der Waals surface area contributed by atoms with Crippen LogP contribution in [0.3, 0.4) is 0 Å². The highest BCUT2D eigenvalue weighted by Gasteiger charge is 2.33. The molecule has 0 spiro atoms. The fourth-order valence-electron chi connectivity index (χ4n) is 1.56. The van der Waals surface area contributed by atoms with Crippen molar-refractivity contribution in [2.24, 2.45) is 5.41 Å². The molecule has 76 valence electrons. The van der Waals surface area contributed by atoms with Gasteiger partial charge in [-0.15, -0.1) is 0 Å². The Hall–Kier alpha value is -0.370. The predicted molar refractivity (Wildman–Crippen MR) is 52.7 cm³/mol. The third-order valence-electron chi connectivity index (χ3n) is 3.02. The third kappa shape index (κ3) is 2.53. The van der Waals surface area contributed by atoms with Crippen molar-refractivity contribution in [3.63, 3.8) is 0 Å². The second-order valence-corrected chi connectivity index (χ2v) is 4.46. The fourth-order valence-corrected chi connectivity index (χ4v) is 1.56. The van der Waals surface area contributed by atoms with Gasteiger partial charge in [-0.25, -0.2) is 0 Å². The Labute approximate surface area is 80.7 Å². The van der Waals surface area contributed by atoms with E-state index in [2.05, 4.69) is 6.92 Å². The maximum absolute atomic E-state index is 11.9. The molecule has 13 heavy (non-hydrogen) atoms. The lowest BCUT2D eigenvalue weighted by molar-refractivity contribution is -0.142. The number of hydrogen-bond donors (Lipinski definition) is 0. The zero-order valence-electron chi connectivity index (χ0n) is 8.93. The van der Waals surface area contributed by atoms with Gasteiger partial charge in [-0.3, -0.25) is 4.79 Å². The minimum Gasteiger partial charge on any atom is -0.370 e. The van der Waals surface area contributed by atoms with Gasteiger partial charge in [0.15, 0.2) is 5.78 Å². The van der Waals surface area contributed by atoms with Gasteiger partial charge >= 0.3 is 0 Å². The maximum atomic E-state index is 11.9. The van der Waals surface area contributed by atoms with E-state index in [0.29, 0.717) is 0 Å². The number of ketones is 1. The molecular formula is C11H20O2. The van der Waals surface area contributed by atoms with E-state index in [1.165, 1.54) is 0 Å². The molecule has 0 amide bonds. The van der Waals surface area contributed by atoms with E-state index in [4.69, 9.17) is 4.74 Å². The first kappa shape index (κ1) is 10.7. The third-order valence-corrected chi connectivity index (χ3v) is 3.02. The second kappa shape index (κ2) is 4.23. The van der Waals surface area contributed by atoms with Gasteiger partial charge < -0.3 is 4.74 Å². The van der Waals surface area contributed by atoms with Crippen molar-refractivity contribution < 1.29 is 9.53 Å². The summed E-state index contributed by atoms with van der Waals surface area (Å²) in [6.45, 7) is 6.83. The normalized spacial score (nSPS) is 24.4. The lowest BCUT2D eigenvalue weighted by Gasteiger charge is -2.29. The Morgan fingerprint density at radius 2 is 2.15 bits per heavy atom. The zero-order valence-corrected chi connectivity index (χ0v) is 8.93. The van der Waals surface area contributed by atoms with E-state index in [-0.39, 0.29) is 17.3 Å². The van der Waals surface area contributed by atoms with Crippen molar-refractivity contribution in [3.8, 4) is 0 Å². The largest absolute Gasteiger partial charge is 0.370 e. The highest BCUT2D eigenvalue weighted by molar-refractivity contribution is 5.88. The van der Waals surface area contributed by atoms with Crippen LogP contribution in [0.25, 0.3) is 0 Å². The van der Waals surface area contributed by atoms with Crippen molar-refractivity contribution in [3.05, 3.63) is 0 Å². The molecule has 0 aromatic rings. The number of carbonyl (C=O) groups is 1. The Morgan fingerprint density at radius 1 is 1.46 bits per heavy atom. The minimum atomic E-state index is -0.206. The highest BCUT2D eigenvalue weighted by Crippen LogP contribution is 2.27. The van der Waals surface area contributed by atoms with Crippen molar-refractivity contribution >= 4 is 5.78 Å². The summed E-state index contributed by atoms with van der Waals surface area (Å²) < 4.78 is 5.48. The second-order valence-electron chi connectivity index (χ2n) is 4.46. The Kier molecular flexibility index (Phi) is 3.48. The summed E-state index contributed by atoms with van der Waals surface area (Å²) in [7, 11) is 0. The summed E-state index contributed by atoms with van der Waals surface area (Å²) in [6, 6.07) is 0. The van der Waals surface area contributed by atoms with Gasteiger partial charge in [0.2, 0.25) is 0 Å². The van der Waals surface area contributed by atoms with E-state index >= 15 is 0 Å². The Morgan fingerprint density at radius 3 is 2.62 bits per heavy atom. The van der Waals surface area contributed by atoms with Crippen LogP contribution in [0, 0.1) is 5.41 Å². The summed E-state index contributed by atoms with van der Waals surface area (Å²) in [6.07, 6.45) is 3.93. The van der Waals surface area contributed by atoms with E-state index in [0.717, 1.165) is 32.3 Å². The van der Waals surface area contributed by atoms with Crippen LogP contribution in [0.4, 0.5) is 0 Å². The number of carbonyl (C=O) groups excluding carboxylic acids is 1. The highest BCUT2D eigenvalue weighted by atomic mass is 16.5. The van der Waals surface area contributed by atoms with Gasteiger partial charge in [-0.2, -0.15) is 0 Å². The van der Waals surface area contributed by atoms with Gasteiger partial charge in [-0.05, 0) is 25.7 Å². The molecule has 2 heteroatoms. The lowest BCUT2D eigenvalue weighted by Crippen LogP contribution is -2.37. The Balaban J connectivity index is 2.55. The van der Waals surface area contributed by atoms with Crippen LogP contribution >= 0.6 is 0 Å². The monoisotopic (exact) mass is 184 g/mol. The number of ether oxygens (including phenoxy) is 1. The van der Waals surface area contributed by atoms with Crippen LogP contribution in [0.1, 0.15) is 46.5 Å². The first-order valence-electron chi connectivity index (χ1n) is 5.24. The van der Waals surface area contributed by atoms with Crippen molar-refractivity contribution in [2.45, 2.75) is 52.6 Å². The molecule has 1 aliphatic heterocycles. The molecule has 0 aromatic heterocycles. The molecule has 1 rings (SSSR count). The summed E-state index contributed by atoms with van der Waals surface area (Å²) in [5.41, 5.74) is -0.206. The minimum absolute atomic E-state index is 0.122. The smallest absolute Gasteiger partial charge is 0.167 e. The van der Waals surface area contributed by atoms with Crippen LogP contribution in [0.2, 0.25) is 0 Å². The number of Topliss-reactive ketones (excluding diaryl/α,β-unsaturated/α-hetero) is 1. The van der Waals surface area contributed by atoms with E-state index in [1.807, 2.05) is 13.8 Å². The van der Waals surface area contributed by atoms with Gasteiger partial charge in [0, 0.05) is 12.0 Å². The van der Waals surface area contributed by atoms with Gasteiger partial charge in [0.25, 0.3) is 0 Å². The van der Waals surface area contributed by atoms with Crippen molar-refractivity contribution in [1.29, 1.82) is 0 Å². The van der Waals surface area contributed by atoms with Crippen molar-refractivity contribution in [2.75, 3.05) is 6.61 Å². The molecule has 1 fully saturated rings. The van der Waals surface area contributed by atoms with Crippen LogP contribution < -0.4 is 0 Å². The van der Waals surface area contributed by atoms with Crippen molar-refractivity contribution in [1.82, 2.24) is 0 Å². The standard InChI is InChI=1S/C11H20O2/c1-4-11(2,3)10(12)9-7-5-6-8-13-9/h9H,4-8H2,1-3H3. The van der Waals surface area contributed by atoms with Crippen LogP contribution in [-0.4, -0.2) is 18.5 Å². The molecule has 1 aliphatic rings. The van der Waals surface area contributed by atoms with Gasteiger partial charge in [0.05, 0.1) is 0 Å². The molecule has 1 heterocycles. The molecular weight excluding hydrogens is 164 g/mol. The molecule has 0 radical (unpaired) electrons. The van der Waals surface area contributed by atoms with Crippen LogP contribution in [-0.2, 0) is 9.53 Å². The molecule has 0 N–H and O–H groups in total. The molecule has 2 nitrogen and oxygen atoms in total. The molecule has 1 saturated heterocycles. The summed E-state index contributed by atoms with van der Waals surface area (Å²) in [4.78, 5) is 11.9. The molecule has 1 unspecified atom stereocenters. The predicted octanol–water partition coefficient (Wildman–Crippen LogP) is 2.56. The summed E-state index contributed by atoms with van der Waals surface area (Å²) >= 11 is 0. The van der Waals surface area contributed by atoms with Gasteiger partial charge in [-0.1, -0.05) is 20.8 Å². The topological polar surface area (TPSA) is 26.3 Å². The van der Waals surface area contributed by atoms with E-state index < -0.39 is 0 Å². The summed E-state index contributed by atoms with van der Waals surface area (Å²) in [5, 5.41) is 0. The quantitative estimate of drug-likeness (QED) is 0.673. The summed E-state index contributed by atoms with van der Waals surface area (Å²) in [5.74, 6) is 0.287. The molecule has 0 aromatic carbocycles. The first-order chi connectivity index (χ1) is 6.08. The average Bonchev–Trinajstić information content (AvgIpc) is 2.18. The number of rotatable bonds is 3. The molecule has 0 saturated carbocycles. The molecule has 1 atom stereocenters. The van der Waals surface area contributed by atoms with Crippen LogP contribution in [0.5, 0.6) is 0 Å².